The number of methoxy groups -OCH3 is 2. The van der Waals surface area contributed by atoms with E-state index in [-0.39, 0.29) is 25.0 Å². The van der Waals surface area contributed by atoms with Crippen LogP contribution in [-0.2, 0) is 4.79 Å². The summed E-state index contributed by atoms with van der Waals surface area (Å²) in [6.45, 7) is 0.606. The Labute approximate surface area is 172 Å². The summed E-state index contributed by atoms with van der Waals surface area (Å²) in [4.78, 5) is 18.9. The summed E-state index contributed by atoms with van der Waals surface area (Å²) in [5, 5.41) is 4.08. The summed E-state index contributed by atoms with van der Waals surface area (Å²) >= 11 is 0. The lowest BCUT2D eigenvalue weighted by Gasteiger charge is -2.20. The summed E-state index contributed by atoms with van der Waals surface area (Å²) in [6.07, 6.45) is 0.267. The molecule has 3 heterocycles. The van der Waals surface area contributed by atoms with Crippen LogP contribution in [0.15, 0.2) is 40.9 Å². The highest BCUT2D eigenvalue weighted by Gasteiger charge is 2.36. The van der Waals surface area contributed by atoms with E-state index in [2.05, 4.69) is 10.1 Å². The number of benzene rings is 2. The summed E-state index contributed by atoms with van der Waals surface area (Å²) < 4.78 is 26.9. The van der Waals surface area contributed by atoms with E-state index in [0.29, 0.717) is 46.9 Å². The molecule has 154 valence electrons. The van der Waals surface area contributed by atoms with Gasteiger partial charge in [-0.15, -0.1) is 0 Å². The standard InChI is InChI=1S/C21H19N3O6/c1-26-14-4-6-16(27-2)15(9-14)24-10-13(8-19(24)25)21-22-20(23-30-21)12-3-5-17-18(7-12)29-11-28-17/h3-7,9,13H,8,10-11H2,1-2H3/t13-/m1/s1. The topological polar surface area (TPSA) is 96.2 Å². The molecular formula is C21H19N3O6. The molecule has 0 saturated carbocycles. The van der Waals surface area contributed by atoms with Crippen LogP contribution in [0.4, 0.5) is 5.69 Å². The zero-order chi connectivity index (χ0) is 20.7. The molecule has 1 fully saturated rings. The number of ether oxygens (including phenoxy) is 4. The maximum absolute atomic E-state index is 12.7. The fourth-order valence-corrected chi connectivity index (χ4v) is 3.67. The van der Waals surface area contributed by atoms with Crippen LogP contribution in [-0.4, -0.2) is 43.6 Å². The Bertz CT molecular complexity index is 1110. The first-order valence-electron chi connectivity index (χ1n) is 9.42. The normalized spacial score (nSPS) is 17.5. The highest BCUT2D eigenvalue weighted by atomic mass is 16.7. The zero-order valence-corrected chi connectivity index (χ0v) is 16.5. The van der Waals surface area contributed by atoms with Gasteiger partial charge in [-0.25, -0.2) is 0 Å². The molecule has 5 rings (SSSR count). The molecule has 1 atom stereocenters. The van der Waals surface area contributed by atoms with Crippen LogP contribution in [0, 0.1) is 0 Å². The van der Waals surface area contributed by atoms with Gasteiger partial charge < -0.3 is 28.4 Å². The number of nitrogens with zero attached hydrogens (tertiary/aromatic N) is 3. The van der Waals surface area contributed by atoms with Gasteiger partial charge in [0.05, 0.1) is 25.8 Å². The number of carbonyl (C=O) groups is 1. The Morgan fingerprint density at radius 1 is 1.07 bits per heavy atom. The maximum Gasteiger partial charge on any atom is 0.232 e. The van der Waals surface area contributed by atoms with Crippen molar-refractivity contribution < 1.29 is 28.3 Å². The van der Waals surface area contributed by atoms with Crippen LogP contribution in [0.25, 0.3) is 11.4 Å². The molecule has 0 aliphatic carbocycles. The molecule has 1 saturated heterocycles. The highest BCUT2D eigenvalue weighted by molar-refractivity contribution is 5.98. The third-order valence-electron chi connectivity index (χ3n) is 5.22. The molecule has 9 nitrogen and oxygen atoms in total. The number of fused-ring (bicyclic) bond motifs is 1. The van der Waals surface area contributed by atoms with Crippen molar-refractivity contribution in [3.05, 3.63) is 42.3 Å². The van der Waals surface area contributed by atoms with Crippen molar-refractivity contribution in [2.24, 2.45) is 0 Å². The SMILES string of the molecule is COc1ccc(OC)c(N2C[C@H](c3nc(-c4ccc5c(c4)OCO5)no3)CC2=O)c1. The fraction of sp³-hybridized carbons (Fsp3) is 0.286. The van der Waals surface area contributed by atoms with Crippen molar-refractivity contribution in [2.45, 2.75) is 12.3 Å². The monoisotopic (exact) mass is 409 g/mol. The Kier molecular flexibility index (Phi) is 4.42. The molecule has 1 aromatic heterocycles. The van der Waals surface area contributed by atoms with Gasteiger partial charge in [0.25, 0.3) is 0 Å². The van der Waals surface area contributed by atoms with Gasteiger partial charge in [-0.05, 0) is 30.3 Å². The van der Waals surface area contributed by atoms with Crippen LogP contribution < -0.4 is 23.8 Å². The summed E-state index contributed by atoms with van der Waals surface area (Å²) in [5.74, 6) is 3.16. The van der Waals surface area contributed by atoms with Crippen molar-refractivity contribution in [1.29, 1.82) is 0 Å². The smallest absolute Gasteiger partial charge is 0.232 e. The van der Waals surface area contributed by atoms with Crippen molar-refractivity contribution in [2.75, 3.05) is 32.5 Å². The molecular weight excluding hydrogens is 390 g/mol. The minimum atomic E-state index is -0.219. The van der Waals surface area contributed by atoms with Crippen molar-refractivity contribution in [1.82, 2.24) is 10.1 Å². The van der Waals surface area contributed by atoms with Gasteiger partial charge in [-0.1, -0.05) is 5.16 Å². The van der Waals surface area contributed by atoms with Gasteiger partial charge >= 0.3 is 0 Å². The minimum Gasteiger partial charge on any atom is -0.497 e. The van der Waals surface area contributed by atoms with E-state index in [1.807, 2.05) is 18.2 Å². The van der Waals surface area contributed by atoms with Gasteiger partial charge in [0, 0.05) is 24.6 Å². The first kappa shape index (κ1) is 18.3. The predicted molar refractivity (Wildman–Crippen MR) is 105 cm³/mol. The highest BCUT2D eigenvalue weighted by Crippen LogP contribution is 2.39. The second kappa shape index (κ2) is 7.25. The Morgan fingerprint density at radius 3 is 2.77 bits per heavy atom. The number of anilines is 1. The van der Waals surface area contributed by atoms with Crippen LogP contribution in [0.2, 0.25) is 0 Å². The van der Waals surface area contributed by atoms with Gasteiger partial charge in [0.1, 0.15) is 11.5 Å². The van der Waals surface area contributed by atoms with Gasteiger partial charge in [-0.2, -0.15) is 4.98 Å². The van der Waals surface area contributed by atoms with E-state index >= 15 is 0 Å². The van der Waals surface area contributed by atoms with E-state index in [1.54, 1.807) is 37.3 Å². The molecule has 0 N–H and O–H groups in total. The summed E-state index contributed by atoms with van der Waals surface area (Å²) in [5.41, 5.74) is 1.41. The van der Waals surface area contributed by atoms with E-state index in [1.165, 1.54) is 0 Å². The fourth-order valence-electron chi connectivity index (χ4n) is 3.67. The number of aromatic nitrogens is 2. The molecule has 2 aliphatic heterocycles. The van der Waals surface area contributed by atoms with Crippen LogP contribution in [0.5, 0.6) is 23.0 Å². The minimum absolute atomic E-state index is 0.0469. The number of carbonyl (C=O) groups excluding carboxylic acids is 1. The average Bonchev–Trinajstić information content (AvgIpc) is 3.51. The number of hydrogen-bond donors (Lipinski definition) is 0. The lowest BCUT2D eigenvalue weighted by molar-refractivity contribution is -0.117. The predicted octanol–water partition coefficient (Wildman–Crippen LogP) is 3.00. The quantitative estimate of drug-likeness (QED) is 0.635. The summed E-state index contributed by atoms with van der Waals surface area (Å²) in [7, 11) is 3.15. The van der Waals surface area contributed by atoms with Gasteiger partial charge in [0.15, 0.2) is 11.5 Å². The van der Waals surface area contributed by atoms with Crippen molar-refractivity contribution >= 4 is 11.6 Å². The molecule has 0 unspecified atom stereocenters. The largest absolute Gasteiger partial charge is 0.497 e. The molecule has 0 radical (unpaired) electrons. The van der Waals surface area contributed by atoms with E-state index in [4.69, 9.17) is 23.5 Å². The molecule has 30 heavy (non-hydrogen) atoms. The number of rotatable bonds is 5. The molecule has 2 aromatic carbocycles. The first-order chi connectivity index (χ1) is 14.7. The Hall–Kier alpha value is -3.75. The first-order valence-corrected chi connectivity index (χ1v) is 9.42. The molecule has 3 aromatic rings. The third-order valence-corrected chi connectivity index (χ3v) is 5.22. The van der Waals surface area contributed by atoms with Crippen LogP contribution in [0.1, 0.15) is 18.2 Å². The van der Waals surface area contributed by atoms with Crippen LogP contribution >= 0.6 is 0 Å². The second-order valence-corrected chi connectivity index (χ2v) is 6.97. The van der Waals surface area contributed by atoms with Crippen LogP contribution in [0.3, 0.4) is 0 Å². The van der Waals surface area contributed by atoms with Gasteiger partial charge in [-0.3, -0.25) is 4.79 Å². The zero-order valence-electron chi connectivity index (χ0n) is 16.5. The van der Waals surface area contributed by atoms with Crippen molar-refractivity contribution in [3.8, 4) is 34.4 Å². The third kappa shape index (κ3) is 3.08. The number of amides is 1. The molecule has 0 spiro atoms. The molecule has 9 heteroatoms. The van der Waals surface area contributed by atoms with E-state index < -0.39 is 0 Å². The van der Waals surface area contributed by atoms with E-state index in [0.717, 1.165) is 5.56 Å². The van der Waals surface area contributed by atoms with E-state index in [9.17, 15) is 4.79 Å². The average molecular weight is 409 g/mol. The molecule has 1 amide bonds. The van der Waals surface area contributed by atoms with Gasteiger partial charge in [0.2, 0.25) is 24.4 Å². The maximum atomic E-state index is 12.7. The second-order valence-electron chi connectivity index (χ2n) is 6.97. The molecule has 0 bridgehead atoms. The van der Waals surface area contributed by atoms with Crippen molar-refractivity contribution in [3.63, 3.8) is 0 Å². The lowest BCUT2D eigenvalue weighted by atomic mass is 10.1. The lowest BCUT2D eigenvalue weighted by Crippen LogP contribution is -2.24. The summed E-state index contributed by atoms with van der Waals surface area (Å²) in [6, 6.07) is 10.8. The molecule has 2 aliphatic rings. The Morgan fingerprint density at radius 2 is 1.93 bits per heavy atom. The number of hydrogen-bond acceptors (Lipinski definition) is 8. The Balaban J connectivity index is 1.39.